The Morgan fingerprint density at radius 1 is 1.12 bits per heavy atom. The van der Waals surface area contributed by atoms with Gasteiger partial charge >= 0.3 is 0 Å². The second-order valence-corrected chi connectivity index (χ2v) is 5.57. The van der Waals surface area contributed by atoms with Crippen molar-refractivity contribution in [2.75, 3.05) is 20.0 Å². The average Bonchev–Trinajstić information content (AvgIpc) is 3.07. The second-order valence-electron chi connectivity index (χ2n) is 5.57. The molecule has 4 heteroatoms. The first kappa shape index (κ1) is 16.2. The highest BCUT2D eigenvalue weighted by Gasteiger charge is 2.22. The molecule has 0 aliphatic carbocycles. The molecule has 0 radical (unpaired) electrons. The molecule has 1 aliphatic heterocycles. The standard InChI is InChI=1S/C20H22O4/c1-4-10-22-18-12-20-19(23-13-24-20)11-17(18)14(3)15-6-8-16(9-7-15)21-5-2/h4,6-9,11-12,14H,1,5,10,13H2,2-3H3. The van der Waals surface area contributed by atoms with Crippen molar-refractivity contribution in [1.82, 2.24) is 0 Å². The molecule has 24 heavy (non-hydrogen) atoms. The molecule has 126 valence electrons. The fourth-order valence-electron chi connectivity index (χ4n) is 2.75. The monoisotopic (exact) mass is 326 g/mol. The van der Waals surface area contributed by atoms with Crippen molar-refractivity contribution in [1.29, 1.82) is 0 Å². The number of hydrogen-bond donors (Lipinski definition) is 0. The zero-order chi connectivity index (χ0) is 16.9. The van der Waals surface area contributed by atoms with E-state index in [4.69, 9.17) is 18.9 Å². The minimum atomic E-state index is 0.148. The Morgan fingerprint density at radius 3 is 2.50 bits per heavy atom. The molecule has 0 saturated heterocycles. The molecule has 2 aromatic rings. The number of benzene rings is 2. The van der Waals surface area contributed by atoms with Gasteiger partial charge in [0.1, 0.15) is 18.1 Å². The number of fused-ring (bicyclic) bond motifs is 1. The van der Waals surface area contributed by atoms with Gasteiger partial charge in [0.05, 0.1) is 6.61 Å². The zero-order valence-corrected chi connectivity index (χ0v) is 14.1. The van der Waals surface area contributed by atoms with Gasteiger partial charge in [0, 0.05) is 17.5 Å². The van der Waals surface area contributed by atoms with Crippen LogP contribution < -0.4 is 18.9 Å². The minimum Gasteiger partial charge on any atom is -0.494 e. The van der Waals surface area contributed by atoms with Crippen molar-refractivity contribution in [3.63, 3.8) is 0 Å². The summed E-state index contributed by atoms with van der Waals surface area (Å²) in [6.45, 7) is 9.20. The summed E-state index contributed by atoms with van der Waals surface area (Å²) in [7, 11) is 0. The number of rotatable bonds is 7. The SMILES string of the molecule is C=CCOc1cc2c(cc1C(C)c1ccc(OCC)cc1)OCO2. The maximum Gasteiger partial charge on any atom is 0.231 e. The van der Waals surface area contributed by atoms with Gasteiger partial charge in [-0.1, -0.05) is 31.7 Å². The molecule has 0 bridgehead atoms. The van der Waals surface area contributed by atoms with Crippen molar-refractivity contribution in [2.45, 2.75) is 19.8 Å². The Balaban J connectivity index is 1.92. The summed E-state index contributed by atoms with van der Waals surface area (Å²) in [6, 6.07) is 12.0. The van der Waals surface area contributed by atoms with E-state index in [0.29, 0.717) is 13.2 Å². The molecule has 1 heterocycles. The van der Waals surface area contributed by atoms with Crippen molar-refractivity contribution in [3.8, 4) is 23.0 Å². The second kappa shape index (κ2) is 7.30. The molecule has 4 nitrogen and oxygen atoms in total. The van der Waals surface area contributed by atoms with Crippen molar-refractivity contribution in [3.05, 3.63) is 60.2 Å². The fraction of sp³-hybridized carbons (Fsp3) is 0.300. The first-order valence-electron chi connectivity index (χ1n) is 8.13. The van der Waals surface area contributed by atoms with E-state index in [9.17, 15) is 0 Å². The number of hydrogen-bond acceptors (Lipinski definition) is 4. The summed E-state index contributed by atoms with van der Waals surface area (Å²) in [5.41, 5.74) is 2.24. The van der Waals surface area contributed by atoms with Crippen molar-refractivity contribution < 1.29 is 18.9 Å². The van der Waals surface area contributed by atoms with Crippen molar-refractivity contribution in [2.24, 2.45) is 0 Å². The molecule has 0 saturated carbocycles. The third-order valence-corrected chi connectivity index (χ3v) is 4.02. The van der Waals surface area contributed by atoms with Gasteiger partial charge in [0.2, 0.25) is 6.79 Å². The molecule has 0 aromatic heterocycles. The van der Waals surface area contributed by atoms with Gasteiger partial charge in [-0.15, -0.1) is 0 Å². The Labute approximate surface area is 142 Å². The summed E-state index contributed by atoms with van der Waals surface area (Å²) < 4.78 is 22.3. The van der Waals surface area contributed by atoms with Crippen LogP contribution >= 0.6 is 0 Å². The molecular weight excluding hydrogens is 304 g/mol. The summed E-state index contributed by atoms with van der Waals surface area (Å²) in [4.78, 5) is 0. The van der Waals surface area contributed by atoms with Crippen LogP contribution in [0.5, 0.6) is 23.0 Å². The Morgan fingerprint density at radius 2 is 1.83 bits per heavy atom. The first-order chi connectivity index (χ1) is 11.7. The van der Waals surface area contributed by atoms with Crippen molar-refractivity contribution >= 4 is 0 Å². The van der Waals surface area contributed by atoms with Crippen LogP contribution in [0.25, 0.3) is 0 Å². The fourth-order valence-corrected chi connectivity index (χ4v) is 2.75. The lowest BCUT2D eigenvalue weighted by atomic mass is 9.92. The van der Waals surface area contributed by atoms with E-state index in [-0.39, 0.29) is 12.7 Å². The van der Waals surface area contributed by atoms with E-state index >= 15 is 0 Å². The highest BCUT2D eigenvalue weighted by Crippen LogP contribution is 2.42. The molecule has 1 unspecified atom stereocenters. The van der Waals surface area contributed by atoms with E-state index in [2.05, 4.69) is 25.6 Å². The zero-order valence-electron chi connectivity index (χ0n) is 14.1. The smallest absolute Gasteiger partial charge is 0.231 e. The molecule has 3 rings (SSSR count). The van der Waals surface area contributed by atoms with Gasteiger partial charge in [0.15, 0.2) is 11.5 Å². The molecule has 0 amide bonds. The van der Waals surface area contributed by atoms with Gasteiger partial charge in [0.25, 0.3) is 0 Å². The summed E-state index contributed by atoms with van der Waals surface area (Å²) in [5, 5.41) is 0. The van der Waals surface area contributed by atoms with Gasteiger partial charge in [-0.3, -0.25) is 0 Å². The highest BCUT2D eigenvalue weighted by molar-refractivity contribution is 5.54. The maximum atomic E-state index is 5.84. The normalized spacial score (nSPS) is 13.4. The van der Waals surface area contributed by atoms with Gasteiger partial charge in [-0.2, -0.15) is 0 Å². The Hall–Kier alpha value is -2.62. The maximum absolute atomic E-state index is 5.84. The lowest BCUT2D eigenvalue weighted by Crippen LogP contribution is -2.03. The summed E-state index contributed by atoms with van der Waals surface area (Å²) >= 11 is 0. The van der Waals surface area contributed by atoms with Gasteiger partial charge < -0.3 is 18.9 Å². The topological polar surface area (TPSA) is 36.9 Å². The van der Waals surface area contributed by atoms with E-state index < -0.39 is 0 Å². The Kier molecular flexibility index (Phi) is 4.94. The largest absolute Gasteiger partial charge is 0.494 e. The van der Waals surface area contributed by atoms with E-state index in [0.717, 1.165) is 28.6 Å². The van der Waals surface area contributed by atoms with Gasteiger partial charge in [-0.25, -0.2) is 0 Å². The average molecular weight is 326 g/mol. The molecule has 1 aliphatic rings. The van der Waals surface area contributed by atoms with Gasteiger partial charge in [-0.05, 0) is 30.7 Å². The Bertz CT molecular complexity index is 706. The molecule has 0 spiro atoms. The van der Waals surface area contributed by atoms with Crippen LogP contribution in [0.1, 0.15) is 30.9 Å². The summed E-state index contributed by atoms with van der Waals surface area (Å²) in [5.74, 6) is 3.29. The van der Waals surface area contributed by atoms with Crippen LogP contribution in [0.2, 0.25) is 0 Å². The first-order valence-corrected chi connectivity index (χ1v) is 8.13. The van der Waals surface area contributed by atoms with E-state index in [1.165, 1.54) is 5.56 Å². The third kappa shape index (κ3) is 3.32. The van der Waals surface area contributed by atoms with E-state index in [1.807, 2.05) is 31.2 Å². The minimum absolute atomic E-state index is 0.148. The van der Waals surface area contributed by atoms with Crippen LogP contribution in [0, 0.1) is 0 Å². The highest BCUT2D eigenvalue weighted by atomic mass is 16.7. The van der Waals surface area contributed by atoms with Crippen LogP contribution in [0.3, 0.4) is 0 Å². The molecule has 2 aromatic carbocycles. The quantitative estimate of drug-likeness (QED) is 0.701. The predicted octanol–water partition coefficient (Wildman–Crippen LogP) is 4.53. The van der Waals surface area contributed by atoms with E-state index in [1.54, 1.807) is 6.08 Å². The van der Waals surface area contributed by atoms with Crippen LogP contribution in [-0.4, -0.2) is 20.0 Å². The lowest BCUT2D eigenvalue weighted by Gasteiger charge is -2.18. The predicted molar refractivity (Wildman–Crippen MR) is 93.4 cm³/mol. The lowest BCUT2D eigenvalue weighted by molar-refractivity contribution is 0.174. The molecule has 0 N–H and O–H groups in total. The van der Waals surface area contributed by atoms with Crippen LogP contribution in [0.4, 0.5) is 0 Å². The third-order valence-electron chi connectivity index (χ3n) is 4.02. The van der Waals surface area contributed by atoms with Crippen LogP contribution in [-0.2, 0) is 0 Å². The summed E-state index contributed by atoms with van der Waals surface area (Å²) in [6.07, 6.45) is 1.73. The number of ether oxygens (including phenoxy) is 4. The molecular formula is C20H22O4. The molecule has 0 fully saturated rings. The molecule has 1 atom stereocenters. The van der Waals surface area contributed by atoms with Crippen LogP contribution in [0.15, 0.2) is 49.1 Å².